The van der Waals surface area contributed by atoms with Crippen molar-refractivity contribution in [3.63, 3.8) is 0 Å². The number of likely N-dealkylation sites (tertiary alicyclic amines) is 1. The van der Waals surface area contributed by atoms with Gasteiger partial charge in [0.1, 0.15) is 5.82 Å². The van der Waals surface area contributed by atoms with Gasteiger partial charge in [-0.25, -0.2) is 4.98 Å². The molecule has 2 rings (SSSR count). The predicted octanol–water partition coefficient (Wildman–Crippen LogP) is 3.16. The highest BCUT2D eigenvalue weighted by Crippen LogP contribution is 2.33. The normalized spacial score (nSPS) is 21.4. The van der Waals surface area contributed by atoms with Gasteiger partial charge >= 0.3 is 0 Å². The van der Waals surface area contributed by atoms with Crippen molar-refractivity contribution in [2.75, 3.05) is 18.8 Å². The van der Waals surface area contributed by atoms with Gasteiger partial charge in [-0.05, 0) is 49.4 Å². The Morgan fingerprint density at radius 3 is 2.89 bits per heavy atom. The van der Waals surface area contributed by atoms with Gasteiger partial charge in [0.2, 0.25) is 0 Å². The van der Waals surface area contributed by atoms with Gasteiger partial charge in [-0.1, -0.05) is 20.3 Å². The highest BCUT2D eigenvalue weighted by Gasteiger charge is 2.25. The minimum absolute atomic E-state index is 0.536. The molecule has 0 bridgehead atoms. The van der Waals surface area contributed by atoms with Crippen molar-refractivity contribution in [1.82, 2.24) is 9.88 Å². The Kier molecular flexibility index (Phi) is 4.23. The molecule has 0 saturated carbocycles. The Bertz CT molecular complexity index is 401. The SMILES string of the molecule is Cc1cc(N)ncc1[C@@H]1CCCCN1CC(C)C. The number of nitrogens with zero attached hydrogens (tertiary/aromatic N) is 2. The van der Waals surface area contributed by atoms with Crippen LogP contribution in [0.4, 0.5) is 5.82 Å². The number of nitrogen functional groups attached to an aromatic ring is 1. The monoisotopic (exact) mass is 247 g/mol. The summed E-state index contributed by atoms with van der Waals surface area (Å²) in [6.07, 6.45) is 5.88. The average molecular weight is 247 g/mol. The zero-order chi connectivity index (χ0) is 13.1. The maximum absolute atomic E-state index is 5.75. The summed E-state index contributed by atoms with van der Waals surface area (Å²) in [6, 6.07) is 2.53. The van der Waals surface area contributed by atoms with Gasteiger partial charge in [0, 0.05) is 18.8 Å². The third-order valence-corrected chi connectivity index (χ3v) is 3.74. The number of nitrogens with two attached hydrogens (primary N) is 1. The quantitative estimate of drug-likeness (QED) is 0.892. The fourth-order valence-corrected chi connectivity index (χ4v) is 2.97. The Labute approximate surface area is 110 Å². The van der Waals surface area contributed by atoms with E-state index < -0.39 is 0 Å². The number of aromatic nitrogens is 1. The van der Waals surface area contributed by atoms with Crippen LogP contribution in [0.5, 0.6) is 0 Å². The fraction of sp³-hybridized carbons (Fsp3) is 0.667. The summed E-state index contributed by atoms with van der Waals surface area (Å²) in [5.41, 5.74) is 8.39. The van der Waals surface area contributed by atoms with Gasteiger partial charge in [0.25, 0.3) is 0 Å². The van der Waals surface area contributed by atoms with Crippen LogP contribution in [0.15, 0.2) is 12.3 Å². The number of hydrogen-bond acceptors (Lipinski definition) is 3. The van der Waals surface area contributed by atoms with E-state index in [4.69, 9.17) is 5.73 Å². The van der Waals surface area contributed by atoms with Crippen LogP contribution in [-0.4, -0.2) is 23.0 Å². The molecule has 0 amide bonds. The van der Waals surface area contributed by atoms with E-state index in [1.54, 1.807) is 0 Å². The van der Waals surface area contributed by atoms with Gasteiger partial charge in [-0.15, -0.1) is 0 Å². The lowest BCUT2D eigenvalue weighted by molar-refractivity contribution is 0.131. The van der Waals surface area contributed by atoms with Crippen molar-refractivity contribution in [1.29, 1.82) is 0 Å². The first-order chi connectivity index (χ1) is 8.58. The molecule has 100 valence electrons. The molecule has 1 aliphatic heterocycles. The number of rotatable bonds is 3. The molecule has 3 nitrogen and oxygen atoms in total. The van der Waals surface area contributed by atoms with Crippen LogP contribution in [0.25, 0.3) is 0 Å². The highest BCUT2D eigenvalue weighted by atomic mass is 15.2. The van der Waals surface area contributed by atoms with Crippen LogP contribution >= 0.6 is 0 Å². The fourth-order valence-electron chi connectivity index (χ4n) is 2.97. The molecular formula is C15H25N3. The van der Waals surface area contributed by atoms with Crippen molar-refractivity contribution in [2.24, 2.45) is 5.92 Å². The summed E-state index contributed by atoms with van der Waals surface area (Å²) < 4.78 is 0. The summed E-state index contributed by atoms with van der Waals surface area (Å²) in [6.45, 7) is 9.12. The summed E-state index contributed by atoms with van der Waals surface area (Å²) in [5, 5.41) is 0. The molecule has 3 heteroatoms. The predicted molar refractivity (Wildman–Crippen MR) is 76.4 cm³/mol. The van der Waals surface area contributed by atoms with Gasteiger partial charge < -0.3 is 5.73 Å². The standard InChI is InChI=1S/C15H25N3/c1-11(2)10-18-7-5-4-6-14(18)13-9-17-15(16)8-12(13)3/h8-9,11,14H,4-7,10H2,1-3H3,(H2,16,17)/t14-/m0/s1. The van der Waals surface area contributed by atoms with E-state index in [-0.39, 0.29) is 0 Å². The van der Waals surface area contributed by atoms with Crippen LogP contribution in [0.1, 0.15) is 50.3 Å². The van der Waals surface area contributed by atoms with Crippen molar-refractivity contribution in [3.05, 3.63) is 23.4 Å². The lowest BCUT2D eigenvalue weighted by Crippen LogP contribution is -2.36. The van der Waals surface area contributed by atoms with E-state index in [0.29, 0.717) is 17.8 Å². The molecule has 1 fully saturated rings. The second-order valence-corrected chi connectivity index (χ2v) is 5.87. The van der Waals surface area contributed by atoms with E-state index in [9.17, 15) is 0 Å². The molecule has 0 radical (unpaired) electrons. The van der Waals surface area contributed by atoms with Crippen molar-refractivity contribution in [3.8, 4) is 0 Å². The van der Waals surface area contributed by atoms with Crippen LogP contribution in [0.3, 0.4) is 0 Å². The maximum atomic E-state index is 5.75. The van der Waals surface area contributed by atoms with E-state index in [1.807, 2.05) is 12.3 Å². The van der Waals surface area contributed by atoms with Gasteiger partial charge in [0.05, 0.1) is 0 Å². The second-order valence-electron chi connectivity index (χ2n) is 5.87. The first-order valence-corrected chi connectivity index (χ1v) is 7.04. The zero-order valence-electron chi connectivity index (χ0n) is 11.8. The van der Waals surface area contributed by atoms with Gasteiger partial charge in [0.15, 0.2) is 0 Å². The molecule has 2 N–H and O–H groups in total. The Balaban J connectivity index is 2.22. The number of aryl methyl sites for hydroxylation is 1. The van der Waals surface area contributed by atoms with Crippen molar-refractivity contribution in [2.45, 2.75) is 46.1 Å². The lowest BCUT2D eigenvalue weighted by atomic mass is 9.93. The Hall–Kier alpha value is -1.09. The Morgan fingerprint density at radius 2 is 2.22 bits per heavy atom. The molecule has 1 atom stereocenters. The summed E-state index contributed by atoms with van der Waals surface area (Å²) >= 11 is 0. The highest BCUT2D eigenvalue weighted by molar-refractivity contribution is 5.37. The van der Waals surface area contributed by atoms with E-state index in [1.165, 1.54) is 43.5 Å². The van der Waals surface area contributed by atoms with Gasteiger partial charge in [-0.2, -0.15) is 0 Å². The van der Waals surface area contributed by atoms with Crippen LogP contribution < -0.4 is 5.73 Å². The number of pyridine rings is 1. The molecule has 0 aromatic carbocycles. The van der Waals surface area contributed by atoms with Crippen LogP contribution in [0.2, 0.25) is 0 Å². The minimum atomic E-state index is 0.536. The maximum Gasteiger partial charge on any atom is 0.123 e. The van der Waals surface area contributed by atoms with Crippen LogP contribution in [0, 0.1) is 12.8 Å². The van der Waals surface area contributed by atoms with E-state index in [2.05, 4.69) is 30.7 Å². The van der Waals surface area contributed by atoms with E-state index >= 15 is 0 Å². The molecular weight excluding hydrogens is 222 g/mol. The number of hydrogen-bond donors (Lipinski definition) is 1. The summed E-state index contributed by atoms with van der Waals surface area (Å²) in [4.78, 5) is 6.90. The van der Waals surface area contributed by atoms with Gasteiger partial charge in [-0.3, -0.25) is 4.90 Å². The average Bonchev–Trinajstić information content (AvgIpc) is 2.30. The first-order valence-electron chi connectivity index (χ1n) is 7.04. The third-order valence-electron chi connectivity index (χ3n) is 3.74. The minimum Gasteiger partial charge on any atom is -0.384 e. The third kappa shape index (κ3) is 3.02. The van der Waals surface area contributed by atoms with Crippen LogP contribution in [-0.2, 0) is 0 Å². The molecule has 0 aliphatic carbocycles. The smallest absolute Gasteiger partial charge is 0.123 e. The molecule has 18 heavy (non-hydrogen) atoms. The van der Waals surface area contributed by atoms with E-state index in [0.717, 1.165) is 0 Å². The topological polar surface area (TPSA) is 42.1 Å². The van der Waals surface area contributed by atoms with Crippen molar-refractivity contribution >= 4 is 5.82 Å². The number of anilines is 1. The second kappa shape index (κ2) is 5.70. The summed E-state index contributed by atoms with van der Waals surface area (Å²) in [7, 11) is 0. The summed E-state index contributed by atoms with van der Waals surface area (Å²) in [5.74, 6) is 1.34. The molecule has 0 spiro atoms. The zero-order valence-corrected chi connectivity index (χ0v) is 11.8. The molecule has 2 heterocycles. The first kappa shape index (κ1) is 13.3. The number of piperidine rings is 1. The molecule has 0 unspecified atom stereocenters. The van der Waals surface area contributed by atoms with Crippen molar-refractivity contribution < 1.29 is 0 Å². The Morgan fingerprint density at radius 1 is 1.44 bits per heavy atom. The molecule has 1 aromatic heterocycles. The lowest BCUT2D eigenvalue weighted by Gasteiger charge is -2.37. The molecule has 1 aromatic rings. The molecule has 1 saturated heterocycles. The molecule has 1 aliphatic rings. The largest absolute Gasteiger partial charge is 0.384 e.